The molecule has 0 amide bonds. The largest absolute Gasteiger partial charge is 0.489 e. The summed E-state index contributed by atoms with van der Waals surface area (Å²) in [6.45, 7) is 12.7. The minimum Gasteiger partial charge on any atom is -0.489 e. The molecule has 0 aromatic heterocycles. The maximum Gasteiger partial charge on any atom is 0.142 e. The Morgan fingerprint density at radius 2 is 0.660 bits per heavy atom. The van der Waals surface area contributed by atoms with Crippen LogP contribution in [0.3, 0.4) is 0 Å². The van der Waals surface area contributed by atoms with Crippen LogP contribution in [0, 0.1) is 0 Å². The predicted octanol–water partition coefficient (Wildman–Crippen LogP) is 5.72. The molecule has 2 N–H and O–H groups in total. The Morgan fingerprint density at radius 1 is 0.362 bits per heavy atom. The number of unbranched alkanes of at least 4 members (excludes halogenated alkanes) is 9. The van der Waals surface area contributed by atoms with Gasteiger partial charge >= 0.3 is 0 Å². The molecule has 1 aromatic carbocycles. The van der Waals surface area contributed by atoms with Gasteiger partial charge in [-0.3, -0.25) is 0 Å². The highest BCUT2D eigenvalue weighted by Gasteiger charge is 1.99. The van der Waals surface area contributed by atoms with E-state index < -0.39 is 0 Å². The third-order valence-electron chi connectivity index (χ3n) is 7.02. The fourth-order valence-electron chi connectivity index (χ4n) is 4.38. The highest BCUT2D eigenvalue weighted by molar-refractivity contribution is 5.51. The number of nitrogens with two attached hydrogens (primary N) is 1. The lowest BCUT2D eigenvalue weighted by atomic mass is 10.1. The number of hydrogen-bond acceptors (Lipinski definition) is 11. The smallest absolute Gasteiger partial charge is 0.142 e. The van der Waals surface area contributed by atoms with Gasteiger partial charge in [0, 0.05) is 6.61 Å². The van der Waals surface area contributed by atoms with Gasteiger partial charge in [0.1, 0.15) is 12.4 Å². The third kappa shape index (κ3) is 32.8. The molecule has 0 fully saturated rings. The molecule has 0 aliphatic rings. The summed E-state index contributed by atoms with van der Waals surface area (Å²) in [5.74, 6) is 0.673. The molecule has 0 bridgehead atoms. The van der Waals surface area contributed by atoms with Crippen LogP contribution >= 0.6 is 0 Å². The van der Waals surface area contributed by atoms with Crippen molar-refractivity contribution >= 4 is 5.69 Å². The molecule has 1 aromatic rings. The van der Waals surface area contributed by atoms with Gasteiger partial charge in [0.2, 0.25) is 0 Å². The van der Waals surface area contributed by atoms with Crippen molar-refractivity contribution in [2.45, 2.75) is 71.1 Å². The number of hydrogen-bond donors (Lipinski definition) is 1. The van der Waals surface area contributed by atoms with E-state index >= 15 is 0 Å². The topological polar surface area (TPSA) is 118 Å². The van der Waals surface area contributed by atoms with E-state index in [1.165, 1.54) is 57.8 Å². The van der Waals surface area contributed by atoms with Crippen LogP contribution in [0.1, 0.15) is 71.1 Å². The van der Waals surface area contributed by atoms with E-state index in [2.05, 4.69) is 6.92 Å². The molecule has 0 aliphatic heterocycles. The third-order valence-corrected chi connectivity index (χ3v) is 7.02. The molecule has 11 heteroatoms. The van der Waals surface area contributed by atoms with Crippen molar-refractivity contribution in [1.29, 1.82) is 0 Å². The van der Waals surface area contributed by atoms with E-state index in [0.29, 0.717) is 130 Å². The second kappa shape index (κ2) is 37.3. The molecular weight excluding hydrogens is 606 g/mol. The molecule has 1 rings (SSSR count). The minimum atomic E-state index is 0.443. The molecule has 276 valence electrons. The normalized spacial score (nSPS) is 11.4. The van der Waals surface area contributed by atoms with Crippen LogP contribution in [-0.4, -0.2) is 126 Å². The van der Waals surface area contributed by atoms with Gasteiger partial charge in [0.25, 0.3) is 0 Å². The summed E-state index contributed by atoms with van der Waals surface area (Å²) >= 11 is 0. The quantitative estimate of drug-likeness (QED) is 0.0683. The second-order valence-corrected chi connectivity index (χ2v) is 11.1. The number of anilines is 1. The van der Waals surface area contributed by atoms with E-state index in [0.717, 1.165) is 13.0 Å². The Balaban J connectivity index is 1.62. The van der Waals surface area contributed by atoms with Crippen LogP contribution in [0.4, 0.5) is 5.69 Å². The van der Waals surface area contributed by atoms with Crippen LogP contribution in [-0.2, 0) is 42.6 Å². The van der Waals surface area contributed by atoms with E-state index in [9.17, 15) is 0 Å². The summed E-state index contributed by atoms with van der Waals surface area (Å²) < 4.78 is 55.2. The van der Waals surface area contributed by atoms with Crippen molar-refractivity contribution in [2.24, 2.45) is 0 Å². The molecule has 0 atom stereocenters. The summed E-state index contributed by atoms with van der Waals surface area (Å²) in [6.07, 6.45) is 13.4. The molecule has 0 spiro atoms. The SMILES string of the molecule is CCCCCCCCCCCCOCCOCCOCCOCCOCCOCCOCCOCCOCCOc1ccccc1N. The fraction of sp³-hybridized carbons (Fsp3) is 0.833. The molecule has 0 heterocycles. The average Bonchev–Trinajstić information content (AvgIpc) is 3.08. The first-order valence-electron chi connectivity index (χ1n) is 18.0. The van der Waals surface area contributed by atoms with Crippen molar-refractivity contribution in [3.63, 3.8) is 0 Å². The van der Waals surface area contributed by atoms with Gasteiger partial charge in [-0.15, -0.1) is 0 Å². The van der Waals surface area contributed by atoms with Gasteiger partial charge in [-0.1, -0.05) is 76.8 Å². The molecule has 0 aliphatic carbocycles. The lowest BCUT2D eigenvalue weighted by Crippen LogP contribution is -2.15. The summed E-state index contributed by atoms with van der Waals surface area (Å²) in [6, 6.07) is 7.40. The van der Waals surface area contributed by atoms with Gasteiger partial charge in [0.05, 0.1) is 118 Å². The molecule has 11 nitrogen and oxygen atoms in total. The summed E-state index contributed by atoms with van der Waals surface area (Å²) in [7, 11) is 0. The number of para-hydroxylation sites is 2. The van der Waals surface area contributed by atoms with Gasteiger partial charge < -0.3 is 53.1 Å². The van der Waals surface area contributed by atoms with E-state index in [1.807, 2.05) is 18.2 Å². The first-order chi connectivity index (χ1) is 23.3. The van der Waals surface area contributed by atoms with E-state index in [4.69, 9.17) is 53.1 Å². The van der Waals surface area contributed by atoms with Crippen LogP contribution in [0.2, 0.25) is 0 Å². The number of nitrogen functional groups attached to an aromatic ring is 1. The highest BCUT2D eigenvalue weighted by atomic mass is 16.6. The Kier molecular flexibility index (Phi) is 34.5. The number of benzene rings is 1. The summed E-state index contributed by atoms with van der Waals surface area (Å²) in [4.78, 5) is 0. The van der Waals surface area contributed by atoms with Gasteiger partial charge in [-0.25, -0.2) is 0 Å². The zero-order valence-electron chi connectivity index (χ0n) is 29.5. The van der Waals surface area contributed by atoms with Crippen molar-refractivity contribution in [3.8, 4) is 5.75 Å². The fourth-order valence-corrected chi connectivity index (χ4v) is 4.38. The van der Waals surface area contributed by atoms with Gasteiger partial charge in [-0.05, 0) is 18.6 Å². The molecular formula is C36H67NO10. The summed E-state index contributed by atoms with van der Waals surface area (Å²) in [5, 5.41) is 0. The molecule has 0 saturated heterocycles. The van der Waals surface area contributed by atoms with Crippen LogP contribution < -0.4 is 10.5 Å². The second-order valence-electron chi connectivity index (χ2n) is 11.1. The first-order valence-corrected chi connectivity index (χ1v) is 18.0. The Morgan fingerprint density at radius 3 is 1.02 bits per heavy atom. The molecule has 0 unspecified atom stereocenters. The lowest BCUT2D eigenvalue weighted by molar-refractivity contribution is -0.0254. The molecule has 0 radical (unpaired) electrons. The first kappa shape index (κ1) is 43.5. The molecule has 0 saturated carbocycles. The van der Waals surface area contributed by atoms with Gasteiger partial charge in [0.15, 0.2) is 0 Å². The lowest BCUT2D eigenvalue weighted by Gasteiger charge is -2.09. The monoisotopic (exact) mass is 673 g/mol. The maximum absolute atomic E-state index is 5.82. The van der Waals surface area contributed by atoms with Crippen LogP contribution in [0.25, 0.3) is 0 Å². The van der Waals surface area contributed by atoms with Gasteiger partial charge in [-0.2, -0.15) is 0 Å². The van der Waals surface area contributed by atoms with E-state index in [-0.39, 0.29) is 0 Å². The number of rotatable bonds is 39. The number of ether oxygens (including phenoxy) is 10. The van der Waals surface area contributed by atoms with Crippen molar-refractivity contribution in [2.75, 3.05) is 131 Å². The summed E-state index contributed by atoms with van der Waals surface area (Å²) in [5.41, 5.74) is 6.45. The standard InChI is InChI=1S/C36H67NO10/c1-2-3-4-5-6-7-8-9-10-13-16-38-17-18-39-19-20-40-21-22-41-23-24-42-25-26-43-27-28-44-29-30-45-31-32-46-33-34-47-36-15-12-11-14-35(36)37/h11-12,14-15H,2-10,13,16-34,37H2,1H3. The Bertz CT molecular complexity index is 745. The zero-order chi connectivity index (χ0) is 33.6. The Hall–Kier alpha value is -1.54. The average molecular weight is 674 g/mol. The van der Waals surface area contributed by atoms with Crippen molar-refractivity contribution < 1.29 is 47.4 Å². The zero-order valence-corrected chi connectivity index (χ0v) is 29.5. The minimum absolute atomic E-state index is 0.443. The van der Waals surface area contributed by atoms with Crippen LogP contribution in [0.5, 0.6) is 5.75 Å². The molecule has 47 heavy (non-hydrogen) atoms. The van der Waals surface area contributed by atoms with Crippen molar-refractivity contribution in [1.82, 2.24) is 0 Å². The van der Waals surface area contributed by atoms with E-state index in [1.54, 1.807) is 6.07 Å². The Labute approximate surface area is 285 Å². The highest BCUT2D eigenvalue weighted by Crippen LogP contribution is 2.19. The van der Waals surface area contributed by atoms with Crippen LogP contribution in [0.15, 0.2) is 24.3 Å². The van der Waals surface area contributed by atoms with Crippen molar-refractivity contribution in [3.05, 3.63) is 24.3 Å². The predicted molar refractivity (Wildman–Crippen MR) is 186 cm³/mol. The maximum atomic E-state index is 5.82.